The monoisotopic (exact) mass is 441 g/mol. The SMILES string of the molecule is COc1cc(CCNC(=O)/C=C/c2cc(Cl)c(OC)c(OC)c2)ccc1OC(F)F. The number of benzene rings is 2. The van der Waals surface area contributed by atoms with Crippen molar-refractivity contribution in [1.82, 2.24) is 5.32 Å². The van der Waals surface area contributed by atoms with Crippen LogP contribution in [0.4, 0.5) is 8.78 Å². The molecule has 0 saturated heterocycles. The molecule has 2 aromatic rings. The molecule has 0 spiro atoms. The average Bonchev–Trinajstić information content (AvgIpc) is 2.72. The van der Waals surface area contributed by atoms with E-state index in [9.17, 15) is 13.6 Å². The van der Waals surface area contributed by atoms with E-state index >= 15 is 0 Å². The van der Waals surface area contributed by atoms with Gasteiger partial charge >= 0.3 is 6.61 Å². The normalized spacial score (nSPS) is 10.9. The van der Waals surface area contributed by atoms with Crippen LogP contribution < -0.4 is 24.3 Å². The summed E-state index contributed by atoms with van der Waals surface area (Å²) in [6.07, 6.45) is 3.45. The molecular formula is C21H22ClF2NO5. The molecule has 30 heavy (non-hydrogen) atoms. The largest absolute Gasteiger partial charge is 0.493 e. The first kappa shape index (κ1) is 23.3. The van der Waals surface area contributed by atoms with Crippen LogP contribution in [0.15, 0.2) is 36.4 Å². The molecular weight excluding hydrogens is 420 g/mol. The number of carbonyl (C=O) groups is 1. The lowest BCUT2D eigenvalue weighted by Crippen LogP contribution is -2.23. The molecule has 1 N–H and O–H groups in total. The van der Waals surface area contributed by atoms with Crippen molar-refractivity contribution in [2.45, 2.75) is 13.0 Å². The number of halogens is 3. The average molecular weight is 442 g/mol. The Kier molecular flexibility index (Phi) is 8.73. The van der Waals surface area contributed by atoms with Crippen LogP contribution in [0.1, 0.15) is 11.1 Å². The van der Waals surface area contributed by atoms with Gasteiger partial charge in [-0.3, -0.25) is 4.79 Å². The number of alkyl halides is 2. The quantitative estimate of drug-likeness (QED) is 0.556. The zero-order valence-corrected chi connectivity index (χ0v) is 17.5. The predicted octanol–water partition coefficient (Wildman–Crippen LogP) is 4.34. The lowest BCUT2D eigenvalue weighted by Gasteiger charge is -2.11. The van der Waals surface area contributed by atoms with E-state index in [0.717, 1.165) is 5.56 Å². The van der Waals surface area contributed by atoms with E-state index in [1.165, 1.54) is 33.5 Å². The van der Waals surface area contributed by atoms with Crippen LogP contribution in [-0.2, 0) is 11.2 Å². The van der Waals surface area contributed by atoms with Crippen LogP contribution >= 0.6 is 11.6 Å². The standard InChI is InChI=1S/C21H22ClF2NO5/c1-27-17-11-13(4-6-16(17)30-21(23)24)8-9-25-19(26)7-5-14-10-15(22)20(29-3)18(12-14)28-2/h4-7,10-12,21H,8-9H2,1-3H3,(H,25,26)/b7-5+. The molecule has 6 nitrogen and oxygen atoms in total. The molecule has 0 heterocycles. The van der Waals surface area contributed by atoms with Crippen molar-refractivity contribution in [1.29, 1.82) is 0 Å². The number of amides is 1. The Hall–Kier alpha value is -3.00. The fraction of sp³-hybridized carbons (Fsp3) is 0.286. The first-order valence-corrected chi connectivity index (χ1v) is 9.24. The number of hydrogen-bond donors (Lipinski definition) is 1. The van der Waals surface area contributed by atoms with Crippen LogP contribution in [0.25, 0.3) is 6.08 Å². The number of nitrogens with one attached hydrogen (secondary N) is 1. The maximum absolute atomic E-state index is 12.4. The molecule has 1 amide bonds. The zero-order valence-electron chi connectivity index (χ0n) is 16.7. The zero-order chi connectivity index (χ0) is 22.1. The van der Waals surface area contributed by atoms with Crippen molar-refractivity contribution >= 4 is 23.6 Å². The molecule has 2 rings (SSSR count). The fourth-order valence-electron chi connectivity index (χ4n) is 2.66. The van der Waals surface area contributed by atoms with E-state index in [1.54, 1.807) is 30.3 Å². The molecule has 0 atom stereocenters. The molecule has 0 unspecified atom stereocenters. The molecule has 0 fully saturated rings. The molecule has 0 aromatic heterocycles. The number of hydrogen-bond acceptors (Lipinski definition) is 5. The van der Waals surface area contributed by atoms with Gasteiger partial charge < -0.3 is 24.3 Å². The number of ether oxygens (including phenoxy) is 4. The summed E-state index contributed by atoms with van der Waals surface area (Å²) in [7, 11) is 4.35. The van der Waals surface area contributed by atoms with Crippen LogP contribution in [-0.4, -0.2) is 40.4 Å². The van der Waals surface area contributed by atoms with Gasteiger partial charge in [-0.1, -0.05) is 17.7 Å². The van der Waals surface area contributed by atoms with Crippen molar-refractivity contribution < 1.29 is 32.5 Å². The summed E-state index contributed by atoms with van der Waals surface area (Å²) in [5.74, 6) is 0.728. The number of carbonyl (C=O) groups excluding carboxylic acids is 1. The highest BCUT2D eigenvalue weighted by Gasteiger charge is 2.12. The summed E-state index contributed by atoms with van der Waals surface area (Å²) in [5.41, 5.74) is 1.47. The summed E-state index contributed by atoms with van der Waals surface area (Å²) in [4.78, 5) is 12.1. The Labute approximate surface area is 178 Å². The Morgan fingerprint density at radius 2 is 1.80 bits per heavy atom. The second kappa shape index (κ2) is 11.3. The van der Waals surface area contributed by atoms with E-state index in [4.69, 9.17) is 25.8 Å². The van der Waals surface area contributed by atoms with E-state index in [1.807, 2.05) is 0 Å². The van der Waals surface area contributed by atoms with Crippen molar-refractivity contribution in [2.75, 3.05) is 27.9 Å². The third kappa shape index (κ3) is 6.52. The topological polar surface area (TPSA) is 66.0 Å². The highest BCUT2D eigenvalue weighted by molar-refractivity contribution is 6.32. The Morgan fingerprint density at radius 1 is 1.07 bits per heavy atom. The van der Waals surface area contributed by atoms with E-state index in [2.05, 4.69) is 10.1 Å². The highest BCUT2D eigenvalue weighted by atomic mass is 35.5. The fourth-order valence-corrected chi connectivity index (χ4v) is 2.95. The maximum atomic E-state index is 12.4. The lowest BCUT2D eigenvalue weighted by molar-refractivity contribution is -0.116. The molecule has 0 saturated carbocycles. The maximum Gasteiger partial charge on any atom is 0.387 e. The third-order valence-corrected chi connectivity index (χ3v) is 4.32. The molecule has 0 aliphatic carbocycles. The predicted molar refractivity (Wildman–Crippen MR) is 110 cm³/mol. The van der Waals surface area contributed by atoms with E-state index in [0.29, 0.717) is 35.1 Å². The van der Waals surface area contributed by atoms with Crippen molar-refractivity contribution in [3.63, 3.8) is 0 Å². The van der Waals surface area contributed by atoms with Gasteiger partial charge in [0.25, 0.3) is 0 Å². The minimum atomic E-state index is -2.93. The molecule has 0 radical (unpaired) electrons. The molecule has 9 heteroatoms. The highest BCUT2D eigenvalue weighted by Crippen LogP contribution is 2.36. The Bertz CT molecular complexity index is 905. The van der Waals surface area contributed by atoms with Gasteiger partial charge in [0, 0.05) is 12.6 Å². The van der Waals surface area contributed by atoms with E-state index in [-0.39, 0.29) is 17.4 Å². The van der Waals surface area contributed by atoms with Gasteiger partial charge in [-0.05, 0) is 47.9 Å². The third-order valence-electron chi connectivity index (χ3n) is 4.04. The minimum Gasteiger partial charge on any atom is -0.493 e. The molecule has 0 aliphatic rings. The van der Waals surface area contributed by atoms with Gasteiger partial charge in [-0.25, -0.2) is 0 Å². The molecule has 0 bridgehead atoms. The van der Waals surface area contributed by atoms with Gasteiger partial charge in [-0.15, -0.1) is 0 Å². The van der Waals surface area contributed by atoms with Gasteiger partial charge in [0.15, 0.2) is 23.0 Å². The van der Waals surface area contributed by atoms with Crippen molar-refractivity contribution in [3.05, 3.63) is 52.6 Å². The first-order valence-electron chi connectivity index (χ1n) is 8.87. The number of rotatable bonds is 10. The summed E-state index contributed by atoms with van der Waals surface area (Å²) in [6.45, 7) is -2.59. The summed E-state index contributed by atoms with van der Waals surface area (Å²) in [5, 5.41) is 3.11. The Morgan fingerprint density at radius 3 is 2.43 bits per heavy atom. The second-order valence-corrected chi connectivity index (χ2v) is 6.38. The molecule has 0 aliphatic heterocycles. The van der Waals surface area contributed by atoms with Crippen molar-refractivity contribution in [3.8, 4) is 23.0 Å². The van der Waals surface area contributed by atoms with Crippen LogP contribution in [0.5, 0.6) is 23.0 Å². The van der Waals surface area contributed by atoms with Crippen LogP contribution in [0.2, 0.25) is 5.02 Å². The van der Waals surface area contributed by atoms with Crippen LogP contribution in [0.3, 0.4) is 0 Å². The van der Waals surface area contributed by atoms with Gasteiger partial charge in [0.2, 0.25) is 5.91 Å². The summed E-state index contributed by atoms with van der Waals surface area (Å²) in [6, 6.07) is 7.98. The smallest absolute Gasteiger partial charge is 0.387 e. The van der Waals surface area contributed by atoms with Crippen LogP contribution in [0, 0.1) is 0 Å². The minimum absolute atomic E-state index is 0.0446. The molecule has 162 valence electrons. The molecule has 2 aromatic carbocycles. The Balaban J connectivity index is 1.93. The van der Waals surface area contributed by atoms with E-state index < -0.39 is 6.61 Å². The summed E-state index contributed by atoms with van der Waals surface area (Å²) >= 11 is 6.14. The van der Waals surface area contributed by atoms with Gasteiger partial charge in [-0.2, -0.15) is 8.78 Å². The summed E-state index contributed by atoms with van der Waals surface area (Å²) < 4.78 is 44.6. The van der Waals surface area contributed by atoms with Gasteiger partial charge in [0.05, 0.1) is 26.4 Å². The first-order chi connectivity index (χ1) is 14.4. The van der Waals surface area contributed by atoms with Crippen molar-refractivity contribution in [2.24, 2.45) is 0 Å². The number of methoxy groups -OCH3 is 3. The lowest BCUT2D eigenvalue weighted by atomic mass is 10.1. The van der Waals surface area contributed by atoms with Gasteiger partial charge in [0.1, 0.15) is 0 Å². The second-order valence-electron chi connectivity index (χ2n) is 5.98.